The summed E-state index contributed by atoms with van der Waals surface area (Å²) in [5.74, 6) is -3.05. The van der Waals surface area contributed by atoms with Crippen LogP contribution in [0.15, 0.2) is 0 Å². The van der Waals surface area contributed by atoms with E-state index in [0.29, 0.717) is 4.90 Å². The molecule has 0 aliphatic carbocycles. The van der Waals surface area contributed by atoms with Gasteiger partial charge in [0.2, 0.25) is 0 Å². The van der Waals surface area contributed by atoms with Gasteiger partial charge in [-0.15, -0.1) is 0 Å². The van der Waals surface area contributed by atoms with Gasteiger partial charge in [-0.2, -0.15) is 8.78 Å². The molecule has 118 valence electrons. The van der Waals surface area contributed by atoms with Crippen LogP contribution in [0.1, 0.15) is 13.8 Å². The minimum atomic E-state index is -3.94. The number of piperazine rings is 1. The summed E-state index contributed by atoms with van der Waals surface area (Å²) in [7, 11) is -1.31. The van der Waals surface area contributed by atoms with E-state index in [1.54, 1.807) is 13.8 Å². The maximum absolute atomic E-state index is 14.9. The van der Waals surface area contributed by atoms with E-state index in [0.717, 1.165) is 12.0 Å². The number of nitrogens with zero attached hydrogens (tertiary/aromatic N) is 2. The Hall–Kier alpha value is 2.93. The summed E-state index contributed by atoms with van der Waals surface area (Å²) in [6.07, 6.45) is -0.933. The van der Waals surface area contributed by atoms with E-state index in [2.05, 4.69) is 4.74 Å². The smallest absolute Gasteiger partial charge is 0.892 e. The van der Waals surface area contributed by atoms with Crippen molar-refractivity contribution in [2.45, 2.75) is 25.7 Å². The number of rotatable bonds is 6. The van der Waals surface area contributed by atoms with Crippen LogP contribution >= 0.6 is 0 Å². The largest absolute Gasteiger partial charge is 1.00 e. The van der Waals surface area contributed by atoms with E-state index in [-0.39, 0.29) is 128 Å². The van der Waals surface area contributed by atoms with E-state index in [1.165, 1.54) is 0 Å². The van der Waals surface area contributed by atoms with Crippen molar-refractivity contribution in [2.24, 2.45) is 5.92 Å². The second kappa shape index (κ2) is 11.6. The molecular weight excluding hydrogens is 354 g/mol. The van der Waals surface area contributed by atoms with Gasteiger partial charge in [0.1, 0.15) is 6.61 Å². The Balaban J connectivity index is 0. The van der Waals surface area contributed by atoms with Crippen molar-refractivity contribution < 1.29 is 131 Å². The van der Waals surface area contributed by atoms with Crippen LogP contribution < -0.4 is 113 Å². The predicted octanol–water partition coefficient (Wildman–Crippen LogP) is -7.08. The molecule has 1 aliphatic rings. The number of alkyl halides is 3. The standard InChI is InChI=1S/C11H20BF3N2O3.2K/c1-9(2)6-16-4-5-17(8-12(18)19)11(14,15)10(16,13)7-20-3;;/h9H,4-8H2,1-3H3;;/q-2;2*+1/t10-;;/m0../s1. The minimum absolute atomic E-state index is 0. The van der Waals surface area contributed by atoms with Crippen molar-refractivity contribution in [3.8, 4) is 0 Å². The summed E-state index contributed by atoms with van der Waals surface area (Å²) in [6, 6.07) is -3.94. The van der Waals surface area contributed by atoms with Crippen LogP contribution in [0, 0.1) is 5.92 Å². The van der Waals surface area contributed by atoms with Crippen molar-refractivity contribution in [2.75, 3.05) is 39.8 Å². The van der Waals surface area contributed by atoms with Gasteiger partial charge in [0.15, 0.2) is 0 Å². The molecular formula is C11H20BF3K2N2O3. The molecule has 0 aromatic rings. The molecule has 5 nitrogen and oxygen atoms in total. The molecule has 0 aromatic carbocycles. The molecule has 1 atom stereocenters. The first-order valence-corrected chi connectivity index (χ1v) is 6.52. The topological polar surface area (TPSA) is 61.8 Å². The Morgan fingerprint density at radius 2 is 1.64 bits per heavy atom. The number of ether oxygens (including phenoxy) is 1. The van der Waals surface area contributed by atoms with Crippen molar-refractivity contribution in [1.29, 1.82) is 0 Å². The third kappa shape index (κ3) is 6.58. The van der Waals surface area contributed by atoms with E-state index >= 15 is 0 Å². The van der Waals surface area contributed by atoms with Crippen molar-refractivity contribution in [3.05, 3.63) is 0 Å². The molecule has 0 unspecified atom stereocenters. The van der Waals surface area contributed by atoms with Crippen LogP contribution in [0.4, 0.5) is 13.2 Å². The number of hydrogen-bond acceptors (Lipinski definition) is 5. The average molecular weight is 374 g/mol. The van der Waals surface area contributed by atoms with Gasteiger partial charge in [0.05, 0.1) is 0 Å². The summed E-state index contributed by atoms with van der Waals surface area (Å²) in [4.78, 5) is 1.36. The zero-order valence-corrected chi connectivity index (χ0v) is 20.2. The molecule has 1 heterocycles. The zero-order chi connectivity index (χ0) is 15.6. The van der Waals surface area contributed by atoms with Crippen molar-refractivity contribution in [1.82, 2.24) is 9.80 Å². The Kier molecular flexibility index (Phi) is 14.3. The van der Waals surface area contributed by atoms with Gasteiger partial charge in [0, 0.05) is 26.7 Å². The Labute approximate surface area is 215 Å². The molecule has 1 rings (SSSR count). The van der Waals surface area contributed by atoms with E-state index in [1.807, 2.05) is 0 Å². The van der Waals surface area contributed by atoms with Crippen LogP contribution in [-0.4, -0.2) is 68.6 Å². The Bertz CT molecular complexity index is 333. The molecule has 0 bridgehead atoms. The molecule has 1 fully saturated rings. The van der Waals surface area contributed by atoms with Crippen molar-refractivity contribution >= 4 is 7.12 Å². The molecule has 1 saturated heterocycles. The first-order chi connectivity index (χ1) is 9.15. The molecule has 0 aromatic heterocycles. The normalized spacial score (nSPS) is 25.5. The summed E-state index contributed by atoms with van der Waals surface area (Å²) >= 11 is 0. The summed E-state index contributed by atoms with van der Waals surface area (Å²) in [5.41, 5.74) is 0. The molecule has 0 saturated carbocycles. The third-order valence-electron chi connectivity index (χ3n) is 3.29. The minimum Gasteiger partial charge on any atom is -0.892 e. The van der Waals surface area contributed by atoms with Gasteiger partial charge in [-0.05, 0) is 5.92 Å². The fourth-order valence-corrected chi connectivity index (χ4v) is 2.42. The molecule has 1 aliphatic heterocycles. The van der Waals surface area contributed by atoms with Crippen molar-refractivity contribution in [3.63, 3.8) is 0 Å². The van der Waals surface area contributed by atoms with Gasteiger partial charge >= 0.3 is 109 Å². The van der Waals surface area contributed by atoms with Crippen LogP contribution in [-0.2, 0) is 4.74 Å². The Morgan fingerprint density at radius 1 is 1.14 bits per heavy atom. The van der Waals surface area contributed by atoms with E-state index < -0.39 is 32.0 Å². The molecule has 0 amide bonds. The summed E-state index contributed by atoms with van der Waals surface area (Å²) in [6.45, 7) is 2.69. The molecule has 0 radical (unpaired) electrons. The van der Waals surface area contributed by atoms with Crippen LogP contribution in [0.25, 0.3) is 0 Å². The maximum Gasteiger partial charge on any atom is 1.00 e. The Morgan fingerprint density at radius 3 is 2.05 bits per heavy atom. The molecule has 11 heteroatoms. The van der Waals surface area contributed by atoms with E-state index in [4.69, 9.17) is 0 Å². The third-order valence-corrected chi connectivity index (χ3v) is 3.29. The molecule has 0 N–H and O–H groups in total. The monoisotopic (exact) mass is 374 g/mol. The first-order valence-electron chi connectivity index (χ1n) is 6.52. The predicted molar refractivity (Wildman–Crippen MR) is 64.4 cm³/mol. The van der Waals surface area contributed by atoms with Gasteiger partial charge in [-0.1, -0.05) is 27.4 Å². The summed E-state index contributed by atoms with van der Waals surface area (Å²) < 4.78 is 48.1. The number of halogens is 3. The van der Waals surface area contributed by atoms with Crippen LogP contribution in [0.3, 0.4) is 0 Å². The summed E-state index contributed by atoms with van der Waals surface area (Å²) in [5, 5.41) is 21.2. The maximum atomic E-state index is 14.9. The quantitative estimate of drug-likeness (QED) is 0.342. The fourth-order valence-electron chi connectivity index (χ4n) is 2.42. The second-order valence-corrected chi connectivity index (χ2v) is 5.45. The van der Waals surface area contributed by atoms with Crippen LogP contribution in [0.2, 0.25) is 0 Å². The first kappa shape index (κ1) is 27.1. The second-order valence-electron chi connectivity index (χ2n) is 5.45. The van der Waals surface area contributed by atoms with E-state index in [9.17, 15) is 23.2 Å². The number of methoxy groups -OCH3 is 1. The fraction of sp³-hybridized carbons (Fsp3) is 1.00. The molecule has 22 heavy (non-hydrogen) atoms. The van der Waals surface area contributed by atoms with Gasteiger partial charge in [0.25, 0.3) is 5.79 Å². The average Bonchev–Trinajstić information content (AvgIpc) is 2.29. The van der Waals surface area contributed by atoms with Gasteiger partial charge in [-0.3, -0.25) is 9.80 Å². The molecule has 0 spiro atoms. The number of hydrogen-bond donors (Lipinski definition) is 0. The van der Waals surface area contributed by atoms with Crippen LogP contribution in [0.5, 0.6) is 0 Å². The zero-order valence-electron chi connectivity index (χ0n) is 13.9. The van der Waals surface area contributed by atoms with Gasteiger partial charge < -0.3 is 14.8 Å². The van der Waals surface area contributed by atoms with Gasteiger partial charge in [-0.25, -0.2) is 4.39 Å². The SMILES string of the molecule is COC[C@]1(F)N(CC(C)C)CCN(CB([O-])[O-])C1(F)F.[K+].[K+].